The Balaban J connectivity index is 1.49. The largest absolute Gasteiger partial charge is 0.463 e. The van der Waals surface area contributed by atoms with E-state index in [0.29, 0.717) is 11.1 Å². The SMILES string of the molecule is CC1(C)c2cc(I)ccc2NC12C=Cc1cc(C(=O)c3ccc(F)cc3)ccc1O2. The highest BCUT2D eigenvalue weighted by molar-refractivity contribution is 14.1. The van der Waals surface area contributed by atoms with Gasteiger partial charge in [-0.1, -0.05) is 0 Å². The van der Waals surface area contributed by atoms with Gasteiger partial charge in [-0.2, -0.15) is 0 Å². The molecule has 0 saturated carbocycles. The molecule has 0 saturated heterocycles. The van der Waals surface area contributed by atoms with E-state index in [4.69, 9.17) is 4.74 Å². The third-order valence-corrected chi connectivity index (χ3v) is 6.72. The summed E-state index contributed by atoms with van der Waals surface area (Å²) < 4.78 is 20.9. The second-order valence-electron chi connectivity index (χ2n) is 8.20. The smallest absolute Gasteiger partial charge is 0.209 e. The lowest BCUT2D eigenvalue weighted by molar-refractivity contribution is 0.0823. The van der Waals surface area contributed by atoms with E-state index >= 15 is 0 Å². The number of nitrogens with one attached hydrogen (secondary N) is 1. The molecule has 0 radical (unpaired) electrons. The van der Waals surface area contributed by atoms with E-state index in [-0.39, 0.29) is 17.0 Å². The molecule has 0 aromatic heterocycles. The summed E-state index contributed by atoms with van der Waals surface area (Å²) in [7, 11) is 0. The molecular weight excluding hydrogens is 492 g/mol. The van der Waals surface area contributed by atoms with E-state index in [1.165, 1.54) is 33.4 Å². The lowest BCUT2D eigenvalue weighted by Crippen LogP contribution is -2.53. The Morgan fingerprint density at radius 1 is 1.00 bits per heavy atom. The standard InChI is InChI=1S/C25H19FINO2/c1-24(2)20-14-19(27)8-9-21(20)28-25(24)12-11-16-13-17(5-10-22(16)30-25)23(29)15-3-6-18(26)7-4-15/h3-14,28H,1-2H3. The van der Waals surface area contributed by atoms with E-state index in [9.17, 15) is 9.18 Å². The zero-order valence-electron chi connectivity index (χ0n) is 16.5. The summed E-state index contributed by atoms with van der Waals surface area (Å²) in [5.41, 5.74) is 3.13. The van der Waals surface area contributed by atoms with Crippen LogP contribution < -0.4 is 10.1 Å². The van der Waals surface area contributed by atoms with Crippen molar-refractivity contribution in [3.05, 3.63) is 98.4 Å². The van der Waals surface area contributed by atoms with Crippen molar-refractivity contribution in [2.24, 2.45) is 0 Å². The van der Waals surface area contributed by atoms with Gasteiger partial charge < -0.3 is 10.1 Å². The van der Waals surface area contributed by atoms with Crippen molar-refractivity contribution >= 4 is 40.1 Å². The molecule has 0 amide bonds. The quantitative estimate of drug-likeness (QED) is 0.331. The molecule has 1 unspecified atom stereocenters. The molecule has 2 aliphatic rings. The maximum atomic E-state index is 13.2. The van der Waals surface area contributed by atoms with E-state index in [1.54, 1.807) is 6.07 Å². The normalized spacial score (nSPS) is 20.3. The molecule has 0 bridgehead atoms. The number of hydrogen-bond acceptors (Lipinski definition) is 3. The summed E-state index contributed by atoms with van der Waals surface area (Å²) >= 11 is 2.33. The molecule has 1 N–H and O–H groups in total. The predicted octanol–water partition coefficient (Wildman–Crippen LogP) is 6.17. The second kappa shape index (κ2) is 6.67. The summed E-state index contributed by atoms with van der Waals surface area (Å²) in [6.07, 6.45) is 4.04. The molecule has 1 spiro atoms. The number of carbonyl (C=O) groups is 1. The van der Waals surface area contributed by atoms with Gasteiger partial charge in [-0.25, -0.2) is 4.39 Å². The van der Waals surface area contributed by atoms with Crippen LogP contribution in [-0.2, 0) is 5.41 Å². The minimum Gasteiger partial charge on any atom is -0.463 e. The van der Waals surface area contributed by atoms with Crippen LogP contribution in [0.15, 0.2) is 66.7 Å². The monoisotopic (exact) mass is 511 g/mol. The topological polar surface area (TPSA) is 38.3 Å². The van der Waals surface area contributed by atoms with E-state index in [2.05, 4.69) is 60.0 Å². The van der Waals surface area contributed by atoms with Crippen LogP contribution in [-0.4, -0.2) is 11.5 Å². The van der Waals surface area contributed by atoms with Crippen LogP contribution in [0, 0.1) is 9.39 Å². The van der Waals surface area contributed by atoms with Crippen molar-refractivity contribution < 1.29 is 13.9 Å². The van der Waals surface area contributed by atoms with Crippen molar-refractivity contribution in [1.82, 2.24) is 0 Å². The first-order valence-corrected chi connectivity index (χ1v) is 10.8. The average molecular weight is 511 g/mol. The first kappa shape index (κ1) is 19.3. The molecule has 30 heavy (non-hydrogen) atoms. The molecule has 0 fully saturated rings. The summed E-state index contributed by atoms with van der Waals surface area (Å²) in [5, 5.41) is 3.56. The maximum Gasteiger partial charge on any atom is 0.209 e. The minimum atomic E-state index is -0.699. The first-order valence-electron chi connectivity index (χ1n) is 9.70. The van der Waals surface area contributed by atoms with Gasteiger partial charge in [-0.15, -0.1) is 0 Å². The number of ether oxygens (including phenoxy) is 1. The number of fused-ring (bicyclic) bond motifs is 2. The van der Waals surface area contributed by atoms with Crippen LogP contribution in [0.3, 0.4) is 0 Å². The number of hydrogen-bond donors (Lipinski definition) is 1. The van der Waals surface area contributed by atoms with Crippen LogP contribution >= 0.6 is 22.6 Å². The van der Waals surface area contributed by atoms with E-state index in [1.807, 2.05) is 24.3 Å². The van der Waals surface area contributed by atoms with Gasteiger partial charge in [0.05, 0.1) is 5.41 Å². The Hall–Kier alpha value is -2.67. The molecule has 150 valence electrons. The number of ketones is 1. The summed E-state index contributed by atoms with van der Waals surface area (Å²) in [4.78, 5) is 12.8. The highest BCUT2D eigenvalue weighted by atomic mass is 127. The van der Waals surface area contributed by atoms with E-state index in [0.717, 1.165) is 17.0 Å². The zero-order chi connectivity index (χ0) is 21.1. The maximum absolute atomic E-state index is 13.2. The van der Waals surface area contributed by atoms with Gasteiger partial charge in [0.2, 0.25) is 5.72 Å². The van der Waals surface area contributed by atoms with Crippen LogP contribution in [0.1, 0.15) is 40.9 Å². The van der Waals surface area contributed by atoms with Crippen molar-refractivity contribution in [3.63, 3.8) is 0 Å². The Labute approximate surface area is 188 Å². The number of anilines is 1. The first-order chi connectivity index (χ1) is 14.3. The van der Waals surface area contributed by atoms with Crippen molar-refractivity contribution in [1.29, 1.82) is 0 Å². The number of carbonyl (C=O) groups excluding carboxylic acids is 1. The third-order valence-electron chi connectivity index (χ3n) is 6.05. The van der Waals surface area contributed by atoms with Crippen molar-refractivity contribution in [3.8, 4) is 5.75 Å². The molecule has 5 rings (SSSR count). The van der Waals surface area contributed by atoms with Gasteiger partial charge in [-0.3, -0.25) is 4.79 Å². The molecule has 2 aliphatic heterocycles. The van der Waals surface area contributed by atoms with Gasteiger partial charge >= 0.3 is 0 Å². The Bertz CT molecular complexity index is 1220. The van der Waals surface area contributed by atoms with Gasteiger partial charge in [-0.05, 0) is 115 Å². The lowest BCUT2D eigenvalue weighted by atomic mass is 9.76. The fourth-order valence-corrected chi connectivity index (χ4v) is 4.69. The highest BCUT2D eigenvalue weighted by Gasteiger charge is 2.54. The van der Waals surface area contributed by atoms with Gasteiger partial charge in [0.25, 0.3) is 0 Å². The minimum absolute atomic E-state index is 0.146. The van der Waals surface area contributed by atoms with Gasteiger partial charge in [0.15, 0.2) is 5.78 Å². The third kappa shape index (κ3) is 2.87. The zero-order valence-corrected chi connectivity index (χ0v) is 18.7. The summed E-state index contributed by atoms with van der Waals surface area (Å²) in [5.74, 6) is 0.213. The Morgan fingerprint density at radius 3 is 2.50 bits per heavy atom. The van der Waals surface area contributed by atoms with Crippen LogP contribution in [0.25, 0.3) is 6.08 Å². The molecule has 3 aromatic carbocycles. The molecule has 3 aromatic rings. The highest BCUT2D eigenvalue weighted by Crippen LogP contribution is 2.51. The number of halogens is 2. The van der Waals surface area contributed by atoms with Crippen LogP contribution in [0.4, 0.5) is 10.1 Å². The van der Waals surface area contributed by atoms with Crippen molar-refractivity contribution in [2.75, 3.05) is 5.32 Å². The molecule has 3 nitrogen and oxygen atoms in total. The predicted molar refractivity (Wildman–Crippen MR) is 124 cm³/mol. The summed E-state index contributed by atoms with van der Waals surface area (Å²) in [6.45, 7) is 4.34. The average Bonchev–Trinajstić information content (AvgIpc) is 2.94. The molecule has 5 heteroatoms. The fourth-order valence-electron chi connectivity index (χ4n) is 4.20. The fraction of sp³-hybridized carbons (Fsp3) is 0.160. The molecule has 1 atom stereocenters. The summed E-state index contributed by atoms with van der Waals surface area (Å²) in [6, 6.07) is 17.4. The van der Waals surface area contributed by atoms with E-state index < -0.39 is 5.72 Å². The second-order valence-corrected chi connectivity index (χ2v) is 9.45. The number of rotatable bonds is 2. The Morgan fingerprint density at radius 2 is 1.73 bits per heavy atom. The lowest BCUT2D eigenvalue weighted by Gasteiger charge is -2.41. The van der Waals surface area contributed by atoms with Crippen molar-refractivity contribution in [2.45, 2.75) is 25.0 Å². The molecule has 2 heterocycles. The van der Waals surface area contributed by atoms with Crippen LogP contribution in [0.5, 0.6) is 5.75 Å². The van der Waals surface area contributed by atoms with Crippen LogP contribution in [0.2, 0.25) is 0 Å². The molecule has 0 aliphatic carbocycles. The Kier molecular flexibility index (Phi) is 4.29. The van der Waals surface area contributed by atoms with Gasteiger partial charge in [0.1, 0.15) is 11.6 Å². The number of benzene rings is 3. The molecular formula is C25H19FINO2. The van der Waals surface area contributed by atoms with Gasteiger partial charge in [0, 0.05) is 25.9 Å².